The highest BCUT2D eigenvalue weighted by atomic mass is 31.2. The van der Waals surface area contributed by atoms with Crippen LogP contribution < -0.4 is 5.32 Å². The number of aliphatic hydroxyl groups excluding tert-OH is 1. The third-order valence-electron chi connectivity index (χ3n) is 2.06. The maximum atomic E-state index is 11.4. The molecule has 3 N–H and O–H groups in total. The largest absolute Gasteiger partial charge is 0.472 e. The lowest BCUT2D eigenvalue weighted by atomic mass is 10.3. The van der Waals surface area contributed by atoms with Crippen molar-refractivity contribution in [2.45, 2.75) is 32.8 Å². The minimum absolute atomic E-state index is 0.0722. The lowest BCUT2D eigenvalue weighted by molar-refractivity contribution is -0.144. The van der Waals surface area contributed by atoms with Gasteiger partial charge in [-0.05, 0) is 6.42 Å². The SMILES string of the molecule is CCCC(=O)NCCOP(=O)(O)OCC(O)COC(C)=O. The summed E-state index contributed by atoms with van der Waals surface area (Å²) in [4.78, 5) is 30.9. The number of esters is 1. The van der Waals surface area contributed by atoms with Crippen molar-refractivity contribution in [3.05, 3.63) is 0 Å². The molecule has 0 radical (unpaired) electrons. The lowest BCUT2D eigenvalue weighted by Crippen LogP contribution is -2.27. The van der Waals surface area contributed by atoms with Crippen LogP contribution in [0, 0.1) is 0 Å². The number of phosphoric ester groups is 1. The first-order valence-corrected chi connectivity index (χ1v) is 7.96. The van der Waals surface area contributed by atoms with Crippen molar-refractivity contribution in [2.24, 2.45) is 0 Å². The fourth-order valence-electron chi connectivity index (χ4n) is 1.15. The van der Waals surface area contributed by atoms with Crippen molar-refractivity contribution >= 4 is 19.7 Å². The molecule has 0 aliphatic rings. The van der Waals surface area contributed by atoms with E-state index in [1.54, 1.807) is 0 Å². The molecule has 0 spiro atoms. The molecule has 0 heterocycles. The number of phosphoric acid groups is 1. The van der Waals surface area contributed by atoms with E-state index < -0.39 is 26.5 Å². The normalized spacial score (nSPS) is 15.0. The smallest absolute Gasteiger partial charge is 0.463 e. The van der Waals surface area contributed by atoms with Gasteiger partial charge in [0, 0.05) is 19.9 Å². The van der Waals surface area contributed by atoms with Crippen molar-refractivity contribution in [1.82, 2.24) is 5.32 Å². The Kier molecular flexibility index (Phi) is 10.2. The van der Waals surface area contributed by atoms with Crippen LogP contribution in [0.4, 0.5) is 0 Å². The third-order valence-corrected chi connectivity index (χ3v) is 3.05. The van der Waals surface area contributed by atoms with Gasteiger partial charge < -0.3 is 20.1 Å². The van der Waals surface area contributed by atoms with Gasteiger partial charge in [0.1, 0.15) is 12.7 Å². The Morgan fingerprint density at radius 1 is 1.29 bits per heavy atom. The maximum Gasteiger partial charge on any atom is 0.472 e. The van der Waals surface area contributed by atoms with E-state index in [-0.39, 0.29) is 25.7 Å². The Morgan fingerprint density at radius 2 is 1.95 bits per heavy atom. The van der Waals surface area contributed by atoms with Gasteiger partial charge in [0.2, 0.25) is 5.91 Å². The van der Waals surface area contributed by atoms with E-state index in [0.29, 0.717) is 12.8 Å². The Hall–Kier alpha value is -0.990. The quantitative estimate of drug-likeness (QED) is 0.274. The van der Waals surface area contributed by atoms with Gasteiger partial charge in [-0.3, -0.25) is 18.6 Å². The number of amides is 1. The topological polar surface area (TPSA) is 131 Å². The predicted octanol–water partition coefficient (Wildman–Crippen LogP) is -0.0397. The van der Waals surface area contributed by atoms with Crippen LogP contribution in [0.15, 0.2) is 0 Å². The minimum Gasteiger partial charge on any atom is -0.463 e. The van der Waals surface area contributed by atoms with Crippen molar-refractivity contribution in [3.8, 4) is 0 Å². The van der Waals surface area contributed by atoms with Crippen LogP contribution in [0.2, 0.25) is 0 Å². The summed E-state index contributed by atoms with van der Waals surface area (Å²) in [7, 11) is -4.32. The monoisotopic (exact) mass is 327 g/mol. The number of aliphatic hydroxyl groups is 1. The second kappa shape index (κ2) is 10.7. The summed E-state index contributed by atoms with van der Waals surface area (Å²) in [6.07, 6.45) is -0.160. The zero-order chi connectivity index (χ0) is 16.3. The highest BCUT2D eigenvalue weighted by molar-refractivity contribution is 7.47. The molecule has 21 heavy (non-hydrogen) atoms. The molecule has 9 nitrogen and oxygen atoms in total. The molecule has 0 aromatic rings. The van der Waals surface area contributed by atoms with Gasteiger partial charge in [0.05, 0.1) is 13.2 Å². The van der Waals surface area contributed by atoms with E-state index in [1.165, 1.54) is 6.92 Å². The first-order chi connectivity index (χ1) is 9.76. The number of carbonyl (C=O) groups excluding carboxylic acids is 2. The van der Waals surface area contributed by atoms with Crippen LogP contribution in [-0.4, -0.2) is 54.3 Å². The molecule has 10 heteroatoms. The Labute approximate surface area is 123 Å². The van der Waals surface area contributed by atoms with Gasteiger partial charge in [-0.2, -0.15) is 0 Å². The van der Waals surface area contributed by atoms with Gasteiger partial charge in [-0.15, -0.1) is 0 Å². The van der Waals surface area contributed by atoms with Crippen molar-refractivity contribution in [1.29, 1.82) is 0 Å². The minimum atomic E-state index is -4.32. The average molecular weight is 327 g/mol. The molecular weight excluding hydrogens is 305 g/mol. The second-order valence-corrected chi connectivity index (χ2v) is 5.61. The molecule has 0 aromatic carbocycles. The average Bonchev–Trinajstić information content (AvgIpc) is 2.39. The van der Waals surface area contributed by atoms with E-state index in [1.807, 2.05) is 6.92 Å². The zero-order valence-electron chi connectivity index (χ0n) is 12.1. The van der Waals surface area contributed by atoms with E-state index in [9.17, 15) is 24.2 Å². The molecule has 0 bridgehead atoms. The summed E-state index contributed by atoms with van der Waals surface area (Å²) in [6.45, 7) is 2.02. The Morgan fingerprint density at radius 3 is 2.52 bits per heavy atom. The van der Waals surface area contributed by atoms with Crippen LogP contribution in [-0.2, 0) is 27.9 Å². The summed E-state index contributed by atoms with van der Waals surface area (Å²) in [5.41, 5.74) is 0. The standard InChI is InChI=1S/C11H22NO8P/c1-3-4-11(15)12-5-6-19-21(16,17)20-8-10(14)7-18-9(2)13/h10,14H,3-8H2,1-2H3,(H,12,15)(H,16,17). The van der Waals surface area contributed by atoms with E-state index >= 15 is 0 Å². The van der Waals surface area contributed by atoms with Crippen LogP contribution in [0.1, 0.15) is 26.7 Å². The van der Waals surface area contributed by atoms with E-state index in [2.05, 4.69) is 19.1 Å². The van der Waals surface area contributed by atoms with Gasteiger partial charge in [0.15, 0.2) is 0 Å². The molecular formula is C11H22NO8P. The summed E-state index contributed by atoms with van der Waals surface area (Å²) < 4.78 is 25.0. The molecule has 1 amide bonds. The maximum absolute atomic E-state index is 11.4. The predicted molar refractivity (Wildman–Crippen MR) is 72.3 cm³/mol. The van der Waals surface area contributed by atoms with Crippen LogP contribution in [0.3, 0.4) is 0 Å². The van der Waals surface area contributed by atoms with Gasteiger partial charge in [-0.25, -0.2) is 4.57 Å². The van der Waals surface area contributed by atoms with Crippen molar-refractivity contribution in [2.75, 3.05) is 26.4 Å². The van der Waals surface area contributed by atoms with Crippen molar-refractivity contribution < 1.29 is 37.9 Å². The van der Waals surface area contributed by atoms with Gasteiger partial charge in [-0.1, -0.05) is 6.92 Å². The van der Waals surface area contributed by atoms with Gasteiger partial charge >= 0.3 is 13.8 Å². The van der Waals surface area contributed by atoms with Crippen LogP contribution in [0.5, 0.6) is 0 Å². The van der Waals surface area contributed by atoms with Crippen LogP contribution >= 0.6 is 7.82 Å². The van der Waals surface area contributed by atoms with E-state index in [4.69, 9.17) is 0 Å². The summed E-state index contributed by atoms with van der Waals surface area (Å²) in [5, 5.41) is 11.8. The second-order valence-electron chi connectivity index (χ2n) is 4.15. The number of ether oxygens (including phenoxy) is 1. The number of hydrogen-bond donors (Lipinski definition) is 3. The van der Waals surface area contributed by atoms with Crippen LogP contribution in [0.25, 0.3) is 0 Å². The summed E-state index contributed by atoms with van der Waals surface area (Å²) >= 11 is 0. The molecule has 0 saturated heterocycles. The van der Waals surface area contributed by atoms with Crippen molar-refractivity contribution in [3.63, 3.8) is 0 Å². The number of rotatable bonds is 11. The molecule has 0 aromatic heterocycles. The Balaban J connectivity index is 3.80. The van der Waals surface area contributed by atoms with Gasteiger partial charge in [0.25, 0.3) is 0 Å². The molecule has 2 atom stereocenters. The number of nitrogens with one attached hydrogen (secondary N) is 1. The summed E-state index contributed by atoms with van der Waals surface area (Å²) in [6, 6.07) is 0. The molecule has 0 rings (SSSR count). The number of hydrogen-bond acceptors (Lipinski definition) is 7. The summed E-state index contributed by atoms with van der Waals surface area (Å²) in [5.74, 6) is -0.758. The Bertz CT molecular complexity index is 375. The molecule has 124 valence electrons. The third kappa shape index (κ3) is 12.5. The molecule has 0 fully saturated rings. The zero-order valence-corrected chi connectivity index (χ0v) is 13.0. The molecule has 0 aliphatic heterocycles. The first kappa shape index (κ1) is 20.0. The lowest BCUT2D eigenvalue weighted by Gasteiger charge is -2.15. The highest BCUT2D eigenvalue weighted by Gasteiger charge is 2.22. The van der Waals surface area contributed by atoms with E-state index in [0.717, 1.165) is 0 Å². The fourth-order valence-corrected chi connectivity index (χ4v) is 1.90. The molecule has 2 unspecified atom stereocenters. The molecule has 0 saturated carbocycles. The molecule has 0 aliphatic carbocycles. The number of carbonyl (C=O) groups is 2. The fraction of sp³-hybridized carbons (Fsp3) is 0.818. The highest BCUT2D eigenvalue weighted by Crippen LogP contribution is 2.42. The first-order valence-electron chi connectivity index (χ1n) is 6.47.